The third kappa shape index (κ3) is 3.19. The zero-order valence-corrected chi connectivity index (χ0v) is 11.3. The summed E-state index contributed by atoms with van der Waals surface area (Å²) < 4.78 is 26.3. The molecule has 7 heteroatoms. The van der Waals surface area contributed by atoms with Gasteiger partial charge in [0.25, 0.3) is 10.0 Å². The molecule has 0 bridgehead atoms. The lowest BCUT2D eigenvalue weighted by atomic mass is 10.1. The van der Waals surface area contributed by atoms with Crippen LogP contribution in [0.3, 0.4) is 0 Å². The lowest BCUT2D eigenvalue weighted by Crippen LogP contribution is -2.33. The molecule has 5 nitrogen and oxygen atoms in total. The van der Waals surface area contributed by atoms with E-state index in [-0.39, 0.29) is 4.21 Å². The number of carbonyl (C=O) groups is 1. The molecule has 1 aromatic carbocycles. The van der Waals surface area contributed by atoms with Crippen LogP contribution in [0.5, 0.6) is 0 Å². The van der Waals surface area contributed by atoms with E-state index in [9.17, 15) is 13.2 Å². The second-order valence-electron chi connectivity index (χ2n) is 3.74. The van der Waals surface area contributed by atoms with Crippen LogP contribution in [0, 0.1) is 0 Å². The molecule has 0 spiro atoms. The van der Waals surface area contributed by atoms with E-state index in [0.717, 1.165) is 11.3 Å². The first-order valence-corrected chi connectivity index (χ1v) is 7.70. The van der Waals surface area contributed by atoms with Gasteiger partial charge in [-0.2, -0.15) is 4.72 Å². The SMILES string of the molecule is O=C(O)[C@H](NS(=O)(=O)c1cccs1)c1ccccc1. The number of aliphatic carboxylic acids is 1. The van der Waals surface area contributed by atoms with Crippen LogP contribution < -0.4 is 4.72 Å². The summed E-state index contributed by atoms with van der Waals surface area (Å²) in [5.74, 6) is -1.24. The Labute approximate surface area is 114 Å². The van der Waals surface area contributed by atoms with E-state index >= 15 is 0 Å². The number of nitrogens with one attached hydrogen (secondary N) is 1. The molecule has 19 heavy (non-hydrogen) atoms. The van der Waals surface area contributed by atoms with E-state index in [0.29, 0.717) is 5.56 Å². The van der Waals surface area contributed by atoms with Gasteiger partial charge in [0.1, 0.15) is 10.3 Å². The number of thiophene rings is 1. The van der Waals surface area contributed by atoms with E-state index in [2.05, 4.69) is 4.72 Å². The maximum atomic E-state index is 12.0. The summed E-state index contributed by atoms with van der Waals surface area (Å²) in [5.41, 5.74) is 0.384. The molecule has 0 aliphatic rings. The van der Waals surface area contributed by atoms with E-state index in [1.54, 1.807) is 41.8 Å². The molecule has 2 N–H and O–H groups in total. The number of carboxylic acids is 1. The largest absolute Gasteiger partial charge is 0.480 e. The van der Waals surface area contributed by atoms with Crippen molar-refractivity contribution in [2.45, 2.75) is 10.3 Å². The molecular weight excluding hydrogens is 286 g/mol. The fourth-order valence-electron chi connectivity index (χ4n) is 1.54. The highest BCUT2D eigenvalue weighted by Crippen LogP contribution is 2.20. The van der Waals surface area contributed by atoms with Crippen molar-refractivity contribution in [3.05, 3.63) is 53.4 Å². The Hall–Kier alpha value is -1.70. The van der Waals surface area contributed by atoms with Crippen LogP contribution in [0.15, 0.2) is 52.1 Å². The highest BCUT2D eigenvalue weighted by Gasteiger charge is 2.27. The number of hydrogen-bond acceptors (Lipinski definition) is 4. The van der Waals surface area contributed by atoms with Crippen LogP contribution in [0.4, 0.5) is 0 Å². The predicted octanol–water partition coefficient (Wildman–Crippen LogP) is 1.85. The molecule has 0 unspecified atom stereocenters. The molecule has 2 rings (SSSR count). The van der Waals surface area contributed by atoms with Gasteiger partial charge in [-0.3, -0.25) is 4.79 Å². The Bertz CT molecular complexity index is 650. The summed E-state index contributed by atoms with van der Waals surface area (Å²) >= 11 is 1.04. The van der Waals surface area contributed by atoms with Crippen molar-refractivity contribution in [1.29, 1.82) is 0 Å². The first kappa shape index (κ1) is 13.7. The topological polar surface area (TPSA) is 83.5 Å². The standard InChI is InChI=1S/C12H11NO4S2/c14-12(15)11(9-5-2-1-3-6-9)13-19(16,17)10-7-4-8-18-10/h1-8,11,13H,(H,14,15)/t11-/m1/s1. The Morgan fingerprint density at radius 3 is 2.37 bits per heavy atom. The molecule has 1 atom stereocenters. The average Bonchev–Trinajstić information content (AvgIpc) is 2.91. The zero-order chi connectivity index (χ0) is 13.9. The Kier molecular flexibility index (Phi) is 3.98. The van der Waals surface area contributed by atoms with Crippen LogP contribution in [-0.4, -0.2) is 19.5 Å². The lowest BCUT2D eigenvalue weighted by molar-refractivity contribution is -0.139. The summed E-state index contributed by atoms with van der Waals surface area (Å²) in [6.07, 6.45) is 0. The first-order chi connectivity index (χ1) is 9.00. The molecule has 1 heterocycles. The third-order valence-corrected chi connectivity index (χ3v) is 5.23. The molecule has 100 valence electrons. The van der Waals surface area contributed by atoms with E-state index in [4.69, 9.17) is 5.11 Å². The van der Waals surface area contributed by atoms with Crippen molar-refractivity contribution in [2.24, 2.45) is 0 Å². The smallest absolute Gasteiger partial charge is 0.326 e. The minimum atomic E-state index is -3.82. The van der Waals surface area contributed by atoms with Gasteiger partial charge in [0.05, 0.1) is 0 Å². The summed E-state index contributed by atoms with van der Waals surface area (Å²) in [7, 11) is -3.82. The van der Waals surface area contributed by atoms with Gasteiger partial charge in [-0.25, -0.2) is 8.42 Å². The number of benzene rings is 1. The minimum Gasteiger partial charge on any atom is -0.480 e. The molecule has 0 aliphatic heterocycles. The minimum absolute atomic E-state index is 0.0923. The monoisotopic (exact) mass is 297 g/mol. The molecular formula is C12H11NO4S2. The first-order valence-electron chi connectivity index (χ1n) is 5.34. The Morgan fingerprint density at radius 2 is 1.84 bits per heavy atom. The van der Waals surface area contributed by atoms with Gasteiger partial charge in [0.2, 0.25) is 0 Å². The Balaban J connectivity index is 2.31. The van der Waals surface area contributed by atoms with Gasteiger partial charge < -0.3 is 5.11 Å². The zero-order valence-electron chi connectivity index (χ0n) is 9.68. The Morgan fingerprint density at radius 1 is 1.16 bits per heavy atom. The molecule has 0 saturated heterocycles. The molecule has 1 aromatic heterocycles. The lowest BCUT2D eigenvalue weighted by Gasteiger charge is -2.14. The summed E-state index contributed by atoms with van der Waals surface area (Å²) in [4.78, 5) is 11.2. The van der Waals surface area contributed by atoms with Crippen LogP contribution in [-0.2, 0) is 14.8 Å². The van der Waals surface area contributed by atoms with E-state index in [1.807, 2.05) is 0 Å². The van der Waals surface area contributed by atoms with Crippen molar-refractivity contribution in [2.75, 3.05) is 0 Å². The molecule has 0 radical (unpaired) electrons. The fourth-order valence-corrected chi connectivity index (χ4v) is 3.72. The molecule has 2 aromatic rings. The summed E-state index contributed by atoms with van der Waals surface area (Å²) in [6, 6.07) is 9.90. The normalized spacial score (nSPS) is 13.1. The predicted molar refractivity (Wildman–Crippen MR) is 71.5 cm³/mol. The van der Waals surface area contributed by atoms with Gasteiger partial charge in [-0.05, 0) is 17.0 Å². The maximum absolute atomic E-state index is 12.0. The summed E-state index contributed by atoms with van der Waals surface area (Å²) in [6.45, 7) is 0. The number of hydrogen-bond donors (Lipinski definition) is 2. The maximum Gasteiger partial charge on any atom is 0.326 e. The number of rotatable bonds is 5. The highest BCUT2D eigenvalue weighted by molar-refractivity contribution is 7.91. The second-order valence-corrected chi connectivity index (χ2v) is 6.62. The second kappa shape index (κ2) is 5.52. The molecule has 0 fully saturated rings. The molecule has 0 amide bonds. The van der Waals surface area contributed by atoms with E-state index < -0.39 is 22.0 Å². The van der Waals surface area contributed by atoms with Crippen molar-refractivity contribution in [3.63, 3.8) is 0 Å². The molecule has 0 saturated carbocycles. The van der Waals surface area contributed by atoms with Gasteiger partial charge in [0, 0.05) is 0 Å². The van der Waals surface area contributed by atoms with E-state index in [1.165, 1.54) is 6.07 Å². The fraction of sp³-hybridized carbons (Fsp3) is 0.0833. The van der Waals surface area contributed by atoms with Crippen molar-refractivity contribution in [1.82, 2.24) is 4.72 Å². The number of sulfonamides is 1. The van der Waals surface area contributed by atoms with Crippen molar-refractivity contribution >= 4 is 27.3 Å². The van der Waals surface area contributed by atoms with Crippen molar-refractivity contribution in [3.8, 4) is 0 Å². The van der Waals surface area contributed by atoms with Gasteiger partial charge in [-0.1, -0.05) is 36.4 Å². The average molecular weight is 297 g/mol. The van der Waals surface area contributed by atoms with Crippen LogP contribution in [0.25, 0.3) is 0 Å². The van der Waals surface area contributed by atoms with Gasteiger partial charge in [-0.15, -0.1) is 11.3 Å². The van der Waals surface area contributed by atoms with Crippen LogP contribution >= 0.6 is 11.3 Å². The van der Waals surface area contributed by atoms with Gasteiger partial charge in [0.15, 0.2) is 0 Å². The van der Waals surface area contributed by atoms with Crippen LogP contribution in [0.2, 0.25) is 0 Å². The highest BCUT2D eigenvalue weighted by atomic mass is 32.2. The number of carboxylic acid groups (broad SMARTS) is 1. The molecule has 0 aliphatic carbocycles. The van der Waals surface area contributed by atoms with Crippen molar-refractivity contribution < 1.29 is 18.3 Å². The quantitative estimate of drug-likeness (QED) is 0.882. The van der Waals surface area contributed by atoms with Gasteiger partial charge >= 0.3 is 5.97 Å². The van der Waals surface area contributed by atoms with Crippen LogP contribution in [0.1, 0.15) is 11.6 Å². The summed E-state index contributed by atoms with van der Waals surface area (Å²) in [5, 5.41) is 10.8. The third-order valence-electron chi connectivity index (χ3n) is 2.41.